The van der Waals surface area contributed by atoms with Gasteiger partial charge in [0.1, 0.15) is 0 Å². The van der Waals surface area contributed by atoms with Crippen LogP contribution >= 0.6 is 0 Å². The highest BCUT2D eigenvalue weighted by molar-refractivity contribution is 7.00. The van der Waals surface area contributed by atoms with E-state index in [1.54, 1.807) is 0 Å². The number of fused-ring (bicyclic) bond motifs is 6. The lowest BCUT2D eigenvalue weighted by Crippen LogP contribution is -2.62. The smallest absolute Gasteiger partial charge is 0.252 e. The van der Waals surface area contributed by atoms with Crippen LogP contribution in [0.5, 0.6) is 0 Å². The zero-order valence-corrected chi connectivity index (χ0v) is 53.3. The fourth-order valence-electron chi connectivity index (χ4n) is 14.6. The van der Waals surface area contributed by atoms with Gasteiger partial charge in [-0.1, -0.05) is 241 Å². The molecule has 3 heteroatoms. The van der Waals surface area contributed by atoms with E-state index >= 15 is 0 Å². The summed E-state index contributed by atoms with van der Waals surface area (Å²) in [6.07, 6.45) is 4.67. The van der Waals surface area contributed by atoms with Gasteiger partial charge in [-0.25, -0.2) is 0 Å². The second kappa shape index (κ2) is 18.7. The van der Waals surface area contributed by atoms with Gasteiger partial charge >= 0.3 is 0 Å². The van der Waals surface area contributed by atoms with Gasteiger partial charge in [-0.3, -0.25) is 0 Å². The molecule has 0 aromatic heterocycles. The molecule has 8 aromatic carbocycles. The van der Waals surface area contributed by atoms with Crippen molar-refractivity contribution in [1.82, 2.24) is 0 Å². The summed E-state index contributed by atoms with van der Waals surface area (Å²) in [5, 5.41) is 0. The normalized spacial score (nSPS) is 17.6. The van der Waals surface area contributed by atoms with Gasteiger partial charge in [-0.15, -0.1) is 0 Å². The molecular formula is C79H91BN2. The van der Waals surface area contributed by atoms with Crippen LogP contribution in [-0.2, 0) is 43.3 Å². The van der Waals surface area contributed by atoms with Gasteiger partial charge in [-0.2, -0.15) is 0 Å². The number of benzene rings is 8. The van der Waals surface area contributed by atoms with E-state index < -0.39 is 0 Å². The molecule has 0 bridgehead atoms. The van der Waals surface area contributed by atoms with Crippen molar-refractivity contribution in [3.8, 4) is 22.3 Å². The quantitative estimate of drug-likeness (QED) is 0.153. The Labute approximate surface area is 494 Å². The molecule has 2 nitrogen and oxygen atoms in total. The van der Waals surface area contributed by atoms with Crippen LogP contribution in [0.15, 0.2) is 158 Å². The molecule has 2 heterocycles. The van der Waals surface area contributed by atoms with Crippen LogP contribution in [0.4, 0.5) is 34.1 Å². The Balaban J connectivity index is 1.18. The van der Waals surface area contributed by atoms with E-state index in [-0.39, 0.29) is 50.0 Å². The van der Waals surface area contributed by atoms with Gasteiger partial charge in [0, 0.05) is 39.4 Å². The van der Waals surface area contributed by atoms with Crippen molar-refractivity contribution in [2.75, 3.05) is 9.80 Å². The average Bonchev–Trinajstić information content (AvgIpc) is 0.847. The minimum atomic E-state index is -0.260. The van der Waals surface area contributed by atoms with Crippen molar-refractivity contribution in [2.24, 2.45) is 0 Å². The predicted molar refractivity (Wildman–Crippen MR) is 357 cm³/mol. The zero-order valence-electron chi connectivity index (χ0n) is 53.3. The van der Waals surface area contributed by atoms with Crippen molar-refractivity contribution in [3.63, 3.8) is 0 Å². The average molecular weight is 1080 g/mol. The van der Waals surface area contributed by atoms with Gasteiger partial charge in [0.2, 0.25) is 0 Å². The first-order chi connectivity index (χ1) is 38.3. The van der Waals surface area contributed by atoms with Crippen LogP contribution < -0.4 is 26.2 Å². The van der Waals surface area contributed by atoms with E-state index in [2.05, 4.69) is 299 Å². The fourth-order valence-corrected chi connectivity index (χ4v) is 14.6. The summed E-state index contributed by atoms with van der Waals surface area (Å²) in [6.45, 7) is 45.9. The van der Waals surface area contributed by atoms with Crippen molar-refractivity contribution < 1.29 is 0 Å². The third kappa shape index (κ3) is 9.22. The van der Waals surface area contributed by atoms with Crippen LogP contribution in [0.3, 0.4) is 0 Å². The van der Waals surface area contributed by atoms with Crippen LogP contribution in [0.1, 0.15) is 207 Å². The molecule has 12 rings (SSSR count). The first-order valence-corrected chi connectivity index (χ1v) is 30.9. The molecule has 8 aromatic rings. The fraction of sp³-hybridized carbons (Fsp3) is 0.392. The van der Waals surface area contributed by atoms with Crippen LogP contribution in [-0.4, -0.2) is 6.71 Å². The lowest BCUT2D eigenvalue weighted by molar-refractivity contribution is 0.332. The molecule has 0 atom stereocenters. The van der Waals surface area contributed by atoms with E-state index in [1.165, 1.54) is 129 Å². The molecule has 0 saturated carbocycles. The van der Waals surface area contributed by atoms with Crippen LogP contribution in [0.25, 0.3) is 22.3 Å². The molecule has 4 aliphatic rings. The molecule has 2 aliphatic carbocycles. The minimum Gasteiger partial charge on any atom is -0.311 e. The molecule has 0 amide bonds. The van der Waals surface area contributed by atoms with E-state index in [4.69, 9.17) is 0 Å². The summed E-state index contributed by atoms with van der Waals surface area (Å²) in [4.78, 5) is 5.44. The van der Waals surface area contributed by atoms with Crippen LogP contribution in [0, 0.1) is 0 Å². The predicted octanol–water partition coefficient (Wildman–Crippen LogP) is 20.0. The SMILES string of the molecule is CC(C)(C)c1ccc(-c2ccc(-c3cc(C(C)(C)C)ccc3N3c4ccc(C(C)(C)c5ccccc5)cc4B4c5cc6c(cc5N(c5ccc7c(c5)C(C)(C)CCC7(C)C)c5cc(C(C)(C)C)cc3c54)C(C)(C)CCC6(C)C)cc2)cc1. The molecule has 0 saturated heterocycles. The van der Waals surface area contributed by atoms with E-state index in [1.807, 2.05) is 0 Å². The summed E-state index contributed by atoms with van der Waals surface area (Å²) in [6, 6.07) is 63.0. The lowest BCUT2D eigenvalue weighted by atomic mass is 9.32. The summed E-state index contributed by atoms with van der Waals surface area (Å²) in [7, 11) is 0. The summed E-state index contributed by atoms with van der Waals surface area (Å²) in [5.41, 5.74) is 29.1. The van der Waals surface area contributed by atoms with Gasteiger partial charge in [-0.05, 0) is 195 Å². The van der Waals surface area contributed by atoms with Gasteiger partial charge in [0.25, 0.3) is 6.71 Å². The Bertz CT molecular complexity index is 3820. The van der Waals surface area contributed by atoms with E-state index in [9.17, 15) is 0 Å². The van der Waals surface area contributed by atoms with Crippen molar-refractivity contribution in [1.29, 1.82) is 0 Å². The summed E-state index contributed by atoms with van der Waals surface area (Å²) in [5.74, 6) is 0. The Hall–Kier alpha value is -6.58. The van der Waals surface area contributed by atoms with E-state index in [0.717, 1.165) is 19.3 Å². The number of nitrogens with zero attached hydrogens (tertiary/aromatic N) is 2. The molecular weight excluding hydrogens is 988 g/mol. The topological polar surface area (TPSA) is 6.48 Å². The molecule has 0 N–H and O–H groups in total. The zero-order chi connectivity index (χ0) is 58.6. The minimum absolute atomic E-state index is 0.0150. The number of hydrogen-bond donors (Lipinski definition) is 0. The Kier molecular flexibility index (Phi) is 12.8. The Morgan fingerprint density at radius 1 is 0.329 bits per heavy atom. The highest BCUT2D eigenvalue weighted by atomic mass is 15.2. The van der Waals surface area contributed by atoms with Crippen molar-refractivity contribution in [2.45, 2.75) is 201 Å². The first-order valence-electron chi connectivity index (χ1n) is 30.9. The second-order valence-electron chi connectivity index (χ2n) is 31.7. The third-order valence-corrected chi connectivity index (χ3v) is 20.6. The number of hydrogen-bond acceptors (Lipinski definition) is 2. The van der Waals surface area contributed by atoms with Crippen molar-refractivity contribution in [3.05, 3.63) is 208 Å². The van der Waals surface area contributed by atoms with Gasteiger partial charge < -0.3 is 9.80 Å². The first kappa shape index (κ1) is 55.9. The van der Waals surface area contributed by atoms with Gasteiger partial charge in [0.05, 0.1) is 5.69 Å². The molecule has 0 fully saturated rings. The Morgan fingerprint density at radius 2 is 0.793 bits per heavy atom. The lowest BCUT2D eigenvalue weighted by Gasteiger charge is -2.48. The highest BCUT2D eigenvalue weighted by Gasteiger charge is 2.48. The summed E-state index contributed by atoms with van der Waals surface area (Å²) < 4.78 is 0. The molecule has 82 heavy (non-hydrogen) atoms. The number of anilines is 6. The third-order valence-electron chi connectivity index (χ3n) is 20.6. The maximum Gasteiger partial charge on any atom is 0.252 e. The molecule has 0 unspecified atom stereocenters. The maximum absolute atomic E-state index is 2.74. The highest BCUT2D eigenvalue weighted by Crippen LogP contribution is 2.54. The van der Waals surface area contributed by atoms with Crippen molar-refractivity contribution >= 4 is 57.2 Å². The molecule has 420 valence electrons. The maximum atomic E-state index is 2.74. The monoisotopic (exact) mass is 1080 g/mol. The number of rotatable bonds is 6. The standard InChI is InChI=1S/C79H91BN2/c1-72(2,3)53-31-29-51(30-32-53)50-25-27-52(28-26-50)59-43-55(73(4,5)6)33-37-66(59)82-67-38-34-56(79(18,19)54-23-21-20-22-24-54)44-64(67)80-65-48-62-63(78(16,17)42-41-77(62,14)15)49-68(65)81(69-45-57(74(7,8)9)46-70(82)71(69)80)58-35-36-60-61(47-58)76(12,13)40-39-75(60,10)11/h20-38,43-49H,39-42H2,1-19H3. The second-order valence-corrected chi connectivity index (χ2v) is 31.7. The Morgan fingerprint density at radius 3 is 1.37 bits per heavy atom. The van der Waals surface area contributed by atoms with E-state index in [0.29, 0.717) is 0 Å². The van der Waals surface area contributed by atoms with Crippen LogP contribution in [0.2, 0.25) is 0 Å². The summed E-state index contributed by atoms with van der Waals surface area (Å²) >= 11 is 0. The molecule has 2 aliphatic heterocycles. The molecule has 0 spiro atoms. The molecule has 0 radical (unpaired) electrons. The van der Waals surface area contributed by atoms with Gasteiger partial charge in [0.15, 0.2) is 0 Å². The largest absolute Gasteiger partial charge is 0.311 e.